The van der Waals surface area contributed by atoms with Gasteiger partial charge >= 0.3 is 0 Å². The van der Waals surface area contributed by atoms with Crippen molar-refractivity contribution in [3.8, 4) is 0 Å². The van der Waals surface area contributed by atoms with E-state index < -0.39 is 0 Å². The molecular weight excluding hydrogens is 453 g/mol. The molecule has 0 spiro atoms. The van der Waals surface area contributed by atoms with E-state index >= 15 is 0 Å². The quantitative estimate of drug-likeness (QED) is 0.328. The lowest BCUT2D eigenvalue weighted by molar-refractivity contribution is -0.0390. The summed E-state index contributed by atoms with van der Waals surface area (Å²) >= 11 is 0. The van der Waals surface area contributed by atoms with Crippen molar-refractivity contribution < 1.29 is 9.47 Å². The molecule has 2 N–H and O–H groups in total. The molecule has 6 heteroatoms. The van der Waals surface area contributed by atoms with Gasteiger partial charge in [0.1, 0.15) is 0 Å². The molecule has 0 saturated carbocycles. The molecule has 2 rings (SSSR count). The third-order valence-electron chi connectivity index (χ3n) is 4.77. The molecule has 1 heterocycles. The van der Waals surface area contributed by atoms with Crippen LogP contribution in [0.15, 0.2) is 29.3 Å². The number of nitrogens with zero attached hydrogens (tertiary/aromatic N) is 1. The van der Waals surface area contributed by atoms with Gasteiger partial charge in [0.25, 0.3) is 0 Å². The highest BCUT2D eigenvalue weighted by Crippen LogP contribution is 2.14. The predicted octanol–water partition coefficient (Wildman–Crippen LogP) is 4.10. The van der Waals surface area contributed by atoms with Gasteiger partial charge in [-0.3, -0.25) is 0 Å². The van der Waals surface area contributed by atoms with E-state index in [2.05, 4.69) is 62.6 Å². The first-order chi connectivity index (χ1) is 12.6. The fourth-order valence-corrected chi connectivity index (χ4v) is 2.75. The number of hydrogen-bond donors (Lipinski definition) is 2. The summed E-state index contributed by atoms with van der Waals surface area (Å²) < 4.78 is 11.4. The molecule has 0 radical (unpaired) electrons. The molecule has 1 aliphatic heterocycles. The number of nitrogens with one attached hydrogen (secondary N) is 2. The van der Waals surface area contributed by atoms with Gasteiger partial charge in [0.15, 0.2) is 5.96 Å². The van der Waals surface area contributed by atoms with Crippen LogP contribution in [0.1, 0.15) is 51.7 Å². The lowest BCUT2D eigenvalue weighted by Gasteiger charge is -2.22. The zero-order valence-corrected chi connectivity index (χ0v) is 19.5. The summed E-state index contributed by atoms with van der Waals surface area (Å²) in [5.41, 5.74) is 2.41. The van der Waals surface area contributed by atoms with Gasteiger partial charge in [-0.15, -0.1) is 24.0 Å². The maximum Gasteiger partial charge on any atom is 0.191 e. The Balaban J connectivity index is 0.00000364. The van der Waals surface area contributed by atoms with E-state index in [4.69, 9.17) is 14.5 Å². The Hall–Kier alpha value is -0.860. The van der Waals surface area contributed by atoms with Gasteiger partial charge < -0.3 is 20.1 Å². The highest BCUT2D eigenvalue weighted by molar-refractivity contribution is 14.0. The summed E-state index contributed by atoms with van der Waals surface area (Å²) in [7, 11) is 0. The number of benzene rings is 1. The van der Waals surface area contributed by atoms with Crippen LogP contribution in [0, 0.1) is 5.92 Å². The molecule has 1 unspecified atom stereocenters. The lowest BCUT2D eigenvalue weighted by atomic mass is 10.1. The minimum Gasteiger partial charge on any atom is -0.381 e. The molecule has 1 atom stereocenters. The fourth-order valence-electron chi connectivity index (χ4n) is 2.75. The molecule has 5 nitrogen and oxygen atoms in total. The van der Waals surface area contributed by atoms with E-state index in [1.165, 1.54) is 11.1 Å². The molecule has 0 amide bonds. The molecule has 0 aliphatic carbocycles. The highest BCUT2D eigenvalue weighted by atomic mass is 127. The summed E-state index contributed by atoms with van der Waals surface area (Å²) in [6, 6.07) is 8.91. The van der Waals surface area contributed by atoms with Gasteiger partial charge in [-0.05, 0) is 43.7 Å². The molecule has 0 aromatic heterocycles. The summed E-state index contributed by atoms with van der Waals surface area (Å²) in [4.78, 5) is 4.73. The Labute approximate surface area is 181 Å². The maximum absolute atomic E-state index is 6.03. The minimum atomic E-state index is 0. The van der Waals surface area contributed by atoms with E-state index in [1.54, 1.807) is 0 Å². The van der Waals surface area contributed by atoms with Crippen LogP contribution < -0.4 is 10.6 Å². The Morgan fingerprint density at radius 3 is 2.59 bits per heavy atom. The van der Waals surface area contributed by atoms with Crippen LogP contribution in [-0.4, -0.2) is 37.9 Å². The average Bonchev–Trinajstić information content (AvgIpc) is 2.65. The minimum absolute atomic E-state index is 0. The van der Waals surface area contributed by atoms with E-state index in [0.717, 1.165) is 38.6 Å². The number of hydrogen-bond acceptors (Lipinski definition) is 3. The molecule has 27 heavy (non-hydrogen) atoms. The first-order valence-electron chi connectivity index (χ1n) is 9.90. The van der Waals surface area contributed by atoms with Gasteiger partial charge in [0, 0.05) is 25.8 Å². The lowest BCUT2D eigenvalue weighted by Crippen LogP contribution is -2.44. The third kappa shape index (κ3) is 9.25. The Bertz CT molecular complexity index is 560. The highest BCUT2D eigenvalue weighted by Gasteiger charge is 2.14. The molecule has 1 aliphatic rings. The SMILES string of the molecule is CCNC(=NCc1cccc(COC2CCOCC2)c1)NC(C)C(C)C.I. The molecule has 1 fully saturated rings. The second kappa shape index (κ2) is 13.3. The monoisotopic (exact) mass is 489 g/mol. The van der Waals surface area contributed by atoms with Crippen molar-refractivity contribution >= 4 is 29.9 Å². The molecule has 1 aromatic carbocycles. The Kier molecular flexibility index (Phi) is 11.9. The summed E-state index contributed by atoms with van der Waals surface area (Å²) in [6.07, 6.45) is 2.32. The van der Waals surface area contributed by atoms with Crippen molar-refractivity contribution in [3.05, 3.63) is 35.4 Å². The number of guanidine groups is 1. The van der Waals surface area contributed by atoms with Gasteiger partial charge in [-0.25, -0.2) is 4.99 Å². The van der Waals surface area contributed by atoms with Crippen molar-refractivity contribution in [2.75, 3.05) is 19.8 Å². The second-order valence-electron chi connectivity index (χ2n) is 7.31. The number of rotatable bonds is 8. The molecule has 1 aromatic rings. The van der Waals surface area contributed by atoms with Crippen molar-refractivity contribution in [1.82, 2.24) is 10.6 Å². The molecule has 0 bridgehead atoms. The van der Waals surface area contributed by atoms with Gasteiger partial charge in [0.2, 0.25) is 0 Å². The molecule has 154 valence electrons. The van der Waals surface area contributed by atoms with Crippen molar-refractivity contribution in [2.24, 2.45) is 10.9 Å². The van der Waals surface area contributed by atoms with E-state index in [-0.39, 0.29) is 24.0 Å². The standard InChI is InChI=1S/C21H35N3O2.HI/c1-5-22-21(24-17(4)16(2)3)23-14-18-7-6-8-19(13-18)15-26-20-9-11-25-12-10-20;/h6-8,13,16-17,20H,5,9-12,14-15H2,1-4H3,(H2,22,23,24);1H. The normalized spacial score (nSPS) is 16.7. The van der Waals surface area contributed by atoms with Crippen LogP contribution in [0.5, 0.6) is 0 Å². The van der Waals surface area contributed by atoms with E-state index in [9.17, 15) is 0 Å². The van der Waals surface area contributed by atoms with Gasteiger partial charge in [-0.2, -0.15) is 0 Å². The van der Waals surface area contributed by atoms with Gasteiger partial charge in [-0.1, -0.05) is 38.1 Å². The summed E-state index contributed by atoms with van der Waals surface area (Å²) in [5, 5.41) is 6.80. The van der Waals surface area contributed by atoms with E-state index in [1.807, 2.05) is 0 Å². The molecular formula is C21H36IN3O2. The van der Waals surface area contributed by atoms with Crippen LogP contribution in [0.2, 0.25) is 0 Å². The van der Waals surface area contributed by atoms with Crippen LogP contribution in [-0.2, 0) is 22.6 Å². The largest absolute Gasteiger partial charge is 0.381 e. The maximum atomic E-state index is 6.03. The van der Waals surface area contributed by atoms with Crippen LogP contribution >= 0.6 is 24.0 Å². The predicted molar refractivity (Wildman–Crippen MR) is 123 cm³/mol. The average molecular weight is 489 g/mol. The van der Waals surface area contributed by atoms with Crippen LogP contribution in [0.3, 0.4) is 0 Å². The Morgan fingerprint density at radius 1 is 1.22 bits per heavy atom. The van der Waals surface area contributed by atoms with Gasteiger partial charge in [0.05, 0.1) is 19.3 Å². The third-order valence-corrected chi connectivity index (χ3v) is 4.77. The zero-order valence-electron chi connectivity index (χ0n) is 17.2. The zero-order chi connectivity index (χ0) is 18.8. The van der Waals surface area contributed by atoms with E-state index in [0.29, 0.717) is 31.2 Å². The van der Waals surface area contributed by atoms with Crippen LogP contribution in [0.4, 0.5) is 0 Å². The summed E-state index contributed by atoms with van der Waals surface area (Å²) in [6.45, 7) is 12.5. The van der Waals surface area contributed by atoms with Crippen molar-refractivity contribution in [1.29, 1.82) is 0 Å². The smallest absolute Gasteiger partial charge is 0.191 e. The number of ether oxygens (including phenoxy) is 2. The number of aliphatic imine (C=N–C) groups is 1. The first-order valence-corrected chi connectivity index (χ1v) is 9.90. The topological polar surface area (TPSA) is 54.9 Å². The van der Waals surface area contributed by atoms with Crippen molar-refractivity contribution in [3.63, 3.8) is 0 Å². The Morgan fingerprint density at radius 2 is 1.93 bits per heavy atom. The summed E-state index contributed by atoms with van der Waals surface area (Å²) in [5.74, 6) is 1.43. The number of halogens is 1. The van der Waals surface area contributed by atoms with Crippen molar-refractivity contribution in [2.45, 2.75) is 65.8 Å². The first kappa shape index (κ1) is 24.2. The fraction of sp³-hybridized carbons (Fsp3) is 0.667. The molecule has 1 saturated heterocycles. The van der Waals surface area contributed by atoms with Crippen LogP contribution in [0.25, 0.3) is 0 Å². The second-order valence-corrected chi connectivity index (χ2v) is 7.31.